The van der Waals surface area contributed by atoms with Gasteiger partial charge in [-0.3, -0.25) is 0 Å². The zero-order valence-electron chi connectivity index (χ0n) is 12.9. The van der Waals surface area contributed by atoms with Crippen molar-refractivity contribution in [1.82, 2.24) is 5.32 Å². The molecule has 2 heterocycles. The van der Waals surface area contributed by atoms with Gasteiger partial charge in [0.05, 0.1) is 12.2 Å². The highest BCUT2D eigenvalue weighted by Gasteiger charge is 2.34. The molecule has 3 heteroatoms. The molecule has 2 bridgehead atoms. The van der Waals surface area contributed by atoms with E-state index in [1.54, 1.807) is 0 Å². The first-order valence-corrected chi connectivity index (χ1v) is 7.74. The maximum atomic E-state index is 5.95. The molecule has 0 aromatic heterocycles. The van der Waals surface area contributed by atoms with Crippen molar-refractivity contribution >= 4 is 5.69 Å². The van der Waals surface area contributed by atoms with Crippen LogP contribution in [0.2, 0.25) is 0 Å². The van der Waals surface area contributed by atoms with Crippen LogP contribution in [0.1, 0.15) is 39.2 Å². The highest BCUT2D eigenvalue weighted by molar-refractivity contribution is 5.54. The molecule has 0 amide bonds. The van der Waals surface area contributed by atoms with E-state index in [9.17, 15) is 0 Å². The lowest BCUT2D eigenvalue weighted by Crippen LogP contribution is -2.43. The van der Waals surface area contributed by atoms with Crippen molar-refractivity contribution in [3.8, 4) is 0 Å². The number of hydrogen-bond acceptors (Lipinski definition) is 3. The van der Waals surface area contributed by atoms with Gasteiger partial charge in [0.25, 0.3) is 0 Å². The number of rotatable bonds is 3. The summed E-state index contributed by atoms with van der Waals surface area (Å²) in [6, 6.07) is 8.78. The Hall–Kier alpha value is -1.06. The predicted octanol–water partition coefficient (Wildman–Crippen LogP) is 2.94. The Bertz CT molecular complexity index is 454. The smallest absolute Gasteiger partial charge is 0.0755 e. The summed E-state index contributed by atoms with van der Waals surface area (Å²) in [7, 11) is 0. The van der Waals surface area contributed by atoms with E-state index in [1.807, 2.05) is 0 Å². The van der Waals surface area contributed by atoms with Crippen LogP contribution >= 0.6 is 0 Å². The molecule has 2 aliphatic rings. The topological polar surface area (TPSA) is 24.5 Å². The van der Waals surface area contributed by atoms with Crippen molar-refractivity contribution in [2.24, 2.45) is 0 Å². The molecular formula is C17H26N2O. The average Bonchev–Trinajstić information content (AvgIpc) is 2.75. The lowest BCUT2D eigenvalue weighted by atomic mass is 10.1. The summed E-state index contributed by atoms with van der Waals surface area (Å²) in [4.78, 5) is 2.52. The Balaban J connectivity index is 1.75. The van der Waals surface area contributed by atoms with Crippen LogP contribution in [0.25, 0.3) is 0 Å². The van der Waals surface area contributed by atoms with Crippen LogP contribution in [0, 0.1) is 0 Å². The highest BCUT2D eigenvalue weighted by atomic mass is 16.5. The Morgan fingerprint density at radius 2 is 1.80 bits per heavy atom. The molecule has 2 unspecified atom stereocenters. The summed E-state index contributed by atoms with van der Waals surface area (Å²) in [6.45, 7) is 9.65. The fourth-order valence-corrected chi connectivity index (χ4v) is 3.14. The predicted molar refractivity (Wildman–Crippen MR) is 83.1 cm³/mol. The fraction of sp³-hybridized carbons (Fsp3) is 0.647. The number of benzene rings is 1. The number of anilines is 1. The molecule has 0 radical (unpaired) electrons. The van der Waals surface area contributed by atoms with Crippen molar-refractivity contribution < 1.29 is 4.74 Å². The summed E-state index contributed by atoms with van der Waals surface area (Å²) in [5.41, 5.74) is 2.92. The molecule has 3 rings (SSSR count). The van der Waals surface area contributed by atoms with Crippen molar-refractivity contribution in [3.63, 3.8) is 0 Å². The van der Waals surface area contributed by atoms with Crippen LogP contribution < -0.4 is 10.2 Å². The molecule has 20 heavy (non-hydrogen) atoms. The fourth-order valence-electron chi connectivity index (χ4n) is 3.14. The Labute approximate surface area is 122 Å². The number of fused-ring (bicyclic) bond motifs is 2. The molecule has 3 nitrogen and oxygen atoms in total. The van der Waals surface area contributed by atoms with Gasteiger partial charge in [-0.2, -0.15) is 0 Å². The van der Waals surface area contributed by atoms with Gasteiger partial charge in [-0.25, -0.2) is 0 Å². The molecule has 2 aliphatic heterocycles. The third-order valence-corrected chi connectivity index (χ3v) is 4.19. The summed E-state index contributed by atoms with van der Waals surface area (Å²) in [5.74, 6) is 0. The molecule has 110 valence electrons. The van der Waals surface area contributed by atoms with Gasteiger partial charge in [0.1, 0.15) is 0 Å². The number of nitrogens with one attached hydrogen (secondary N) is 1. The van der Waals surface area contributed by atoms with E-state index in [-0.39, 0.29) is 5.54 Å². The largest absolute Gasteiger partial charge is 0.371 e. The van der Waals surface area contributed by atoms with Crippen molar-refractivity contribution in [2.45, 2.75) is 57.9 Å². The average molecular weight is 274 g/mol. The molecule has 1 aromatic rings. The minimum Gasteiger partial charge on any atom is -0.371 e. The number of morpholine rings is 1. The van der Waals surface area contributed by atoms with E-state index in [2.05, 4.69) is 55.3 Å². The van der Waals surface area contributed by atoms with Gasteiger partial charge in [-0.15, -0.1) is 0 Å². The van der Waals surface area contributed by atoms with Crippen molar-refractivity contribution in [2.75, 3.05) is 18.0 Å². The number of nitrogens with zero attached hydrogens (tertiary/aromatic N) is 1. The summed E-state index contributed by atoms with van der Waals surface area (Å²) in [6.07, 6.45) is 3.34. The lowest BCUT2D eigenvalue weighted by Gasteiger charge is -2.35. The molecule has 0 saturated carbocycles. The second kappa shape index (κ2) is 5.38. The molecule has 2 saturated heterocycles. The van der Waals surface area contributed by atoms with E-state index >= 15 is 0 Å². The lowest BCUT2D eigenvalue weighted by molar-refractivity contribution is 0.0304. The Morgan fingerprint density at radius 3 is 2.45 bits per heavy atom. The summed E-state index contributed by atoms with van der Waals surface area (Å²) in [5, 5.41) is 3.60. The highest BCUT2D eigenvalue weighted by Crippen LogP contribution is 2.31. The normalized spacial score (nSPS) is 26.1. The number of hydrogen-bond donors (Lipinski definition) is 1. The van der Waals surface area contributed by atoms with Gasteiger partial charge in [0.15, 0.2) is 0 Å². The van der Waals surface area contributed by atoms with Crippen LogP contribution in [0.4, 0.5) is 5.69 Å². The number of ether oxygens (including phenoxy) is 1. The van der Waals surface area contributed by atoms with Gasteiger partial charge in [-0.1, -0.05) is 18.2 Å². The second-order valence-electron chi connectivity index (χ2n) is 7.09. The van der Waals surface area contributed by atoms with Gasteiger partial charge in [0.2, 0.25) is 0 Å². The molecule has 2 fully saturated rings. The summed E-state index contributed by atoms with van der Waals surface area (Å²) >= 11 is 0. The van der Waals surface area contributed by atoms with Crippen molar-refractivity contribution in [3.05, 3.63) is 29.8 Å². The third kappa shape index (κ3) is 3.15. The molecule has 1 aromatic carbocycles. The molecule has 0 spiro atoms. The third-order valence-electron chi connectivity index (χ3n) is 4.19. The van der Waals surface area contributed by atoms with Crippen LogP contribution in [0.15, 0.2) is 24.3 Å². The van der Waals surface area contributed by atoms with Gasteiger partial charge in [0, 0.05) is 30.9 Å². The second-order valence-corrected chi connectivity index (χ2v) is 7.09. The zero-order valence-corrected chi connectivity index (χ0v) is 12.9. The molecule has 2 atom stereocenters. The van der Waals surface area contributed by atoms with E-state index in [0.29, 0.717) is 12.2 Å². The van der Waals surface area contributed by atoms with Crippen LogP contribution in [-0.2, 0) is 11.3 Å². The first-order chi connectivity index (χ1) is 9.51. The van der Waals surface area contributed by atoms with E-state index < -0.39 is 0 Å². The van der Waals surface area contributed by atoms with Gasteiger partial charge in [-0.05, 0) is 45.2 Å². The van der Waals surface area contributed by atoms with E-state index in [4.69, 9.17) is 4.74 Å². The minimum absolute atomic E-state index is 0.150. The first kappa shape index (κ1) is 13.9. The van der Waals surface area contributed by atoms with Crippen molar-refractivity contribution in [1.29, 1.82) is 0 Å². The first-order valence-electron chi connectivity index (χ1n) is 7.74. The molecular weight excluding hydrogens is 248 g/mol. The summed E-state index contributed by atoms with van der Waals surface area (Å²) < 4.78 is 5.95. The monoisotopic (exact) mass is 274 g/mol. The molecule has 1 N–H and O–H groups in total. The standard InChI is InChI=1S/C17H26N2O/c1-17(2,3)18-10-13-6-4-5-7-16(13)19-11-14-8-9-15(12-19)20-14/h4-7,14-15,18H,8-12H2,1-3H3. The number of para-hydroxylation sites is 1. The maximum absolute atomic E-state index is 5.95. The zero-order chi connectivity index (χ0) is 14.2. The van der Waals surface area contributed by atoms with Crippen LogP contribution in [0.3, 0.4) is 0 Å². The Morgan fingerprint density at radius 1 is 1.15 bits per heavy atom. The van der Waals surface area contributed by atoms with E-state index in [1.165, 1.54) is 24.1 Å². The maximum Gasteiger partial charge on any atom is 0.0755 e. The quantitative estimate of drug-likeness (QED) is 0.917. The molecule has 0 aliphatic carbocycles. The SMILES string of the molecule is CC(C)(C)NCc1ccccc1N1CC2CCC(C1)O2. The van der Waals surface area contributed by atoms with Gasteiger partial charge < -0.3 is 15.0 Å². The van der Waals surface area contributed by atoms with Crippen LogP contribution in [-0.4, -0.2) is 30.8 Å². The van der Waals surface area contributed by atoms with Gasteiger partial charge >= 0.3 is 0 Å². The van der Waals surface area contributed by atoms with E-state index in [0.717, 1.165) is 19.6 Å². The Kier molecular flexibility index (Phi) is 3.74. The van der Waals surface area contributed by atoms with Crippen LogP contribution in [0.5, 0.6) is 0 Å². The minimum atomic E-state index is 0.150.